The molecule has 2 atom stereocenters. The Kier molecular flexibility index (Phi) is 4.24. The predicted molar refractivity (Wildman–Crippen MR) is 59.0 cm³/mol. The van der Waals surface area contributed by atoms with E-state index in [-0.39, 0.29) is 11.9 Å². The molecule has 0 aliphatic rings. The molecule has 0 aliphatic heterocycles. The Morgan fingerprint density at radius 1 is 1.47 bits per heavy atom. The summed E-state index contributed by atoms with van der Waals surface area (Å²) >= 11 is 0. The molecule has 0 saturated heterocycles. The number of nitrogens with two attached hydrogens (primary N) is 1. The van der Waals surface area contributed by atoms with Crippen LogP contribution in [0, 0.1) is 12.7 Å². The summed E-state index contributed by atoms with van der Waals surface area (Å²) in [5.74, 6) is -0.296. The van der Waals surface area contributed by atoms with E-state index in [1.807, 2.05) is 6.92 Å². The zero-order valence-electron chi connectivity index (χ0n) is 9.20. The van der Waals surface area contributed by atoms with Gasteiger partial charge in [0.2, 0.25) is 0 Å². The van der Waals surface area contributed by atoms with Gasteiger partial charge in [0, 0.05) is 6.04 Å². The highest BCUT2D eigenvalue weighted by Gasteiger charge is 2.18. The first kappa shape index (κ1) is 12.1. The molecule has 15 heavy (non-hydrogen) atoms. The van der Waals surface area contributed by atoms with Crippen LogP contribution in [0.25, 0.3) is 0 Å². The van der Waals surface area contributed by atoms with Crippen molar-refractivity contribution in [1.82, 2.24) is 0 Å². The molecule has 0 amide bonds. The Labute approximate surface area is 89.9 Å². The van der Waals surface area contributed by atoms with Crippen molar-refractivity contribution in [2.45, 2.75) is 38.8 Å². The zero-order valence-corrected chi connectivity index (χ0v) is 9.20. The van der Waals surface area contributed by atoms with E-state index in [0.717, 1.165) is 12.8 Å². The summed E-state index contributed by atoms with van der Waals surface area (Å²) in [7, 11) is 0. The zero-order chi connectivity index (χ0) is 11.4. The number of aliphatic hydroxyl groups excluding tert-OH is 1. The molecule has 1 rings (SSSR count). The van der Waals surface area contributed by atoms with Crippen molar-refractivity contribution in [3.63, 3.8) is 0 Å². The molecule has 0 aromatic heterocycles. The standard InChI is InChI=1S/C12H18FNO/c1-3-5-11(14)12(15)9-6-4-7-10(13)8(9)2/h4,6-7,11-12,15H,3,5,14H2,1-2H3. The molecule has 0 radical (unpaired) electrons. The maximum absolute atomic E-state index is 13.2. The molecule has 3 heteroatoms. The Balaban J connectivity index is 2.90. The highest BCUT2D eigenvalue weighted by atomic mass is 19.1. The Hall–Kier alpha value is -0.930. The van der Waals surface area contributed by atoms with Gasteiger partial charge in [-0.05, 0) is 30.5 Å². The van der Waals surface area contributed by atoms with Gasteiger partial charge in [0.1, 0.15) is 5.82 Å². The van der Waals surface area contributed by atoms with Gasteiger partial charge in [0.15, 0.2) is 0 Å². The van der Waals surface area contributed by atoms with Crippen LogP contribution in [0.4, 0.5) is 4.39 Å². The Morgan fingerprint density at radius 3 is 2.73 bits per heavy atom. The van der Waals surface area contributed by atoms with Crippen LogP contribution in [0.3, 0.4) is 0 Å². The number of hydrogen-bond acceptors (Lipinski definition) is 2. The van der Waals surface area contributed by atoms with Crippen molar-refractivity contribution in [3.05, 3.63) is 35.1 Å². The van der Waals surface area contributed by atoms with Crippen LogP contribution in [0.15, 0.2) is 18.2 Å². The summed E-state index contributed by atoms with van der Waals surface area (Å²) in [5, 5.41) is 9.93. The van der Waals surface area contributed by atoms with E-state index in [1.54, 1.807) is 19.1 Å². The molecule has 1 aromatic rings. The van der Waals surface area contributed by atoms with E-state index in [4.69, 9.17) is 5.73 Å². The first-order chi connectivity index (χ1) is 7.07. The molecule has 0 heterocycles. The van der Waals surface area contributed by atoms with Crippen LogP contribution in [0.2, 0.25) is 0 Å². The average molecular weight is 211 g/mol. The molecule has 0 fully saturated rings. The van der Waals surface area contributed by atoms with E-state index < -0.39 is 6.10 Å². The number of aliphatic hydroxyl groups is 1. The maximum Gasteiger partial charge on any atom is 0.126 e. The number of benzene rings is 1. The summed E-state index contributed by atoms with van der Waals surface area (Å²) in [4.78, 5) is 0. The summed E-state index contributed by atoms with van der Waals surface area (Å²) in [6.45, 7) is 3.66. The van der Waals surface area contributed by atoms with Crippen molar-refractivity contribution < 1.29 is 9.50 Å². The fourth-order valence-corrected chi connectivity index (χ4v) is 1.67. The van der Waals surface area contributed by atoms with Crippen LogP contribution in [-0.2, 0) is 0 Å². The third kappa shape index (κ3) is 2.76. The second-order valence-corrected chi connectivity index (χ2v) is 3.85. The van der Waals surface area contributed by atoms with E-state index >= 15 is 0 Å². The topological polar surface area (TPSA) is 46.2 Å². The van der Waals surface area contributed by atoms with Gasteiger partial charge in [0.25, 0.3) is 0 Å². The second kappa shape index (κ2) is 5.24. The maximum atomic E-state index is 13.2. The fraction of sp³-hybridized carbons (Fsp3) is 0.500. The molecule has 0 saturated carbocycles. The summed E-state index contributed by atoms with van der Waals surface area (Å²) in [6.07, 6.45) is 0.865. The van der Waals surface area contributed by atoms with Crippen LogP contribution in [0.1, 0.15) is 37.0 Å². The van der Waals surface area contributed by atoms with Crippen LogP contribution < -0.4 is 5.73 Å². The van der Waals surface area contributed by atoms with Crippen LogP contribution >= 0.6 is 0 Å². The van der Waals surface area contributed by atoms with Gasteiger partial charge in [-0.3, -0.25) is 0 Å². The van der Waals surface area contributed by atoms with Gasteiger partial charge < -0.3 is 10.8 Å². The molecule has 2 unspecified atom stereocenters. The average Bonchev–Trinajstić information content (AvgIpc) is 2.21. The summed E-state index contributed by atoms with van der Waals surface area (Å²) in [5.41, 5.74) is 6.88. The van der Waals surface area contributed by atoms with Gasteiger partial charge in [0.05, 0.1) is 6.10 Å². The SMILES string of the molecule is CCCC(N)C(O)c1cccc(F)c1C. The molecule has 84 valence electrons. The van der Waals surface area contributed by atoms with Crippen molar-refractivity contribution >= 4 is 0 Å². The Morgan fingerprint density at radius 2 is 2.13 bits per heavy atom. The summed E-state index contributed by atoms with van der Waals surface area (Å²) < 4.78 is 13.2. The second-order valence-electron chi connectivity index (χ2n) is 3.85. The highest BCUT2D eigenvalue weighted by Crippen LogP contribution is 2.23. The minimum Gasteiger partial charge on any atom is -0.387 e. The number of halogens is 1. The quantitative estimate of drug-likeness (QED) is 0.802. The highest BCUT2D eigenvalue weighted by molar-refractivity contribution is 5.30. The smallest absolute Gasteiger partial charge is 0.126 e. The van der Waals surface area contributed by atoms with Gasteiger partial charge in [-0.15, -0.1) is 0 Å². The first-order valence-electron chi connectivity index (χ1n) is 5.26. The van der Waals surface area contributed by atoms with Crippen LogP contribution in [0.5, 0.6) is 0 Å². The predicted octanol–water partition coefficient (Wildman–Crippen LogP) is 2.29. The molecule has 1 aromatic carbocycles. The largest absolute Gasteiger partial charge is 0.387 e. The summed E-state index contributed by atoms with van der Waals surface area (Å²) in [6, 6.07) is 4.38. The molecule has 0 spiro atoms. The van der Waals surface area contributed by atoms with Crippen LogP contribution in [-0.4, -0.2) is 11.1 Å². The van der Waals surface area contributed by atoms with Gasteiger partial charge in [-0.2, -0.15) is 0 Å². The first-order valence-corrected chi connectivity index (χ1v) is 5.26. The van der Waals surface area contributed by atoms with Crippen molar-refractivity contribution in [3.8, 4) is 0 Å². The minimum atomic E-state index is -0.777. The lowest BCUT2D eigenvalue weighted by molar-refractivity contribution is 0.140. The van der Waals surface area contributed by atoms with Gasteiger partial charge >= 0.3 is 0 Å². The third-order valence-electron chi connectivity index (χ3n) is 2.66. The van der Waals surface area contributed by atoms with Crippen molar-refractivity contribution in [2.24, 2.45) is 5.73 Å². The van der Waals surface area contributed by atoms with E-state index in [0.29, 0.717) is 11.1 Å². The third-order valence-corrected chi connectivity index (χ3v) is 2.66. The lowest BCUT2D eigenvalue weighted by Crippen LogP contribution is -2.28. The van der Waals surface area contributed by atoms with Crippen molar-refractivity contribution in [1.29, 1.82) is 0 Å². The number of rotatable bonds is 4. The molecule has 0 aliphatic carbocycles. The number of hydrogen-bond donors (Lipinski definition) is 2. The monoisotopic (exact) mass is 211 g/mol. The lowest BCUT2D eigenvalue weighted by atomic mass is 9.96. The van der Waals surface area contributed by atoms with E-state index in [1.165, 1.54) is 6.07 Å². The molecular formula is C12H18FNO. The van der Waals surface area contributed by atoms with Gasteiger partial charge in [-0.1, -0.05) is 25.5 Å². The Bertz CT molecular complexity index is 327. The molecule has 3 N–H and O–H groups in total. The molecular weight excluding hydrogens is 193 g/mol. The van der Waals surface area contributed by atoms with E-state index in [2.05, 4.69) is 0 Å². The fourth-order valence-electron chi connectivity index (χ4n) is 1.67. The van der Waals surface area contributed by atoms with Gasteiger partial charge in [-0.25, -0.2) is 4.39 Å². The molecule has 2 nitrogen and oxygen atoms in total. The van der Waals surface area contributed by atoms with Crippen molar-refractivity contribution in [2.75, 3.05) is 0 Å². The molecule has 0 bridgehead atoms. The lowest BCUT2D eigenvalue weighted by Gasteiger charge is -2.20. The minimum absolute atomic E-state index is 0.296. The van der Waals surface area contributed by atoms with E-state index in [9.17, 15) is 9.50 Å². The normalized spacial score (nSPS) is 15.0.